The van der Waals surface area contributed by atoms with Gasteiger partial charge in [-0.05, 0) is 38.0 Å². The van der Waals surface area contributed by atoms with Crippen LogP contribution in [0.4, 0.5) is 11.4 Å². The number of benzene rings is 1. The monoisotopic (exact) mass is 250 g/mol. The number of carbonyl (C=O) groups excluding carboxylic acids is 1. The van der Waals surface area contributed by atoms with Crippen LogP contribution in [0, 0.1) is 0 Å². The standard InChI is InChI=1S/C14H22N2O2/c1-4-8-18-14(17)11-6-7-13(12(15)9-11)16-10(3)5-2/h6-7,9-10,16H,4-5,8,15H2,1-3H3/t10-/m0/s1. The zero-order chi connectivity index (χ0) is 13.5. The summed E-state index contributed by atoms with van der Waals surface area (Å²) in [5.41, 5.74) is 7.84. The Labute approximate surface area is 109 Å². The van der Waals surface area contributed by atoms with Crippen molar-refractivity contribution in [2.75, 3.05) is 17.7 Å². The molecule has 0 aliphatic rings. The second-order valence-corrected chi connectivity index (χ2v) is 4.39. The van der Waals surface area contributed by atoms with Gasteiger partial charge in [0.25, 0.3) is 0 Å². The average Bonchev–Trinajstić information content (AvgIpc) is 2.38. The quantitative estimate of drug-likeness (QED) is 0.601. The zero-order valence-electron chi connectivity index (χ0n) is 11.3. The van der Waals surface area contributed by atoms with Gasteiger partial charge in [0.15, 0.2) is 0 Å². The molecule has 4 heteroatoms. The van der Waals surface area contributed by atoms with Crippen molar-refractivity contribution in [3.05, 3.63) is 23.8 Å². The molecule has 0 fully saturated rings. The topological polar surface area (TPSA) is 64.3 Å². The number of carbonyl (C=O) groups is 1. The first kappa shape index (κ1) is 14.4. The molecular weight excluding hydrogens is 228 g/mol. The van der Waals surface area contributed by atoms with Gasteiger partial charge in [-0.15, -0.1) is 0 Å². The Morgan fingerprint density at radius 1 is 1.44 bits per heavy atom. The molecule has 18 heavy (non-hydrogen) atoms. The number of ether oxygens (including phenoxy) is 1. The molecule has 0 aliphatic carbocycles. The van der Waals surface area contributed by atoms with Crippen LogP contribution in [0.25, 0.3) is 0 Å². The first-order chi connectivity index (χ1) is 8.58. The van der Waals surface area contributed by atoms with Crippen LogP contribution in [0.1, 0.15) is 44.0 Å². The van der Waals surface area contributed by atoms with Gasteiger partial charge in [-0.25, -0.2) is 4.79 Å². The number of rotatable bonds is 6. The van der Waals surface area contributed by atoms with E-state index in [2.05, 4.69) is 19.2 Å². The van der Waals surface area contributed by atoms with E-state index in [9.17, 15) is 4.79 Å². The van der Waals surface area contributed by atoms with E-state index >= 15 is 0 Å². The molecule has 1 atom stereocenters. The molecule has 1 rings (SSSR count). The molecule has 0 bridgehead atoms. The number of anilines is 2. The van der Waals surface area contributed by atoms with E-state index in [0.717, 1.165) is 18.5 Å². The summed E-state index contributed by atoms with van der Waals surface area (Å²) in [5.74, 6) is -0.321. The summed E-state index contributed by atoms with van der Waals surface area (Å²) in [6.07, 6.45) is 1.83. The molecule has 0 saturated carbocycles. The lowest BCUT2D eigenvalue weighted by Gasteiger charge is -2.15. The molecule has 4 nitrogen and oxygen atoms in total. The summed E-state index contributed by atoms with van der Waals surface area (Å²) in [6.45, 7) is 6.58. The van der Waals surface area contributed by atoms with E-state index in [-0.39, 0.29) is 5.97 Å². The summed E-state index contributed by atoms with van der Waals surface area (Å²) in [7, 11) is 0. The first-order valence-corrected chi connectivity index (χ1v) is 6.41. The number of nitrogens with one attached hydrogen (secondary N) is 1. The molecular formula is C14H22N2O2. The van der Waals surface area contributed by atoms with E-state index in [0.29, 0.717) is 23.9 Å². The van der Waals surface area contributed by atoms with Gasteiger partial charge in [0.05, 0.1) is 23.5 Å². The van der Waals surface area contributed by atoms with Crippen LogP contribution in [-0.2, 0) is 4.74 Å². The van der Waals surface area contributed by atoms with Crippen molar-refractivity contribution in [2.45, 2.75) is 39.7 Å². The number of esters is 1. The lowest BCUT2D eigenvalue weighted by atomic mass is 10.1. The molecule has 3 N–H and O–H groups in total. The third-order valence-corrected chi connectivity index (χ3v) is 2.74. The molecule has 100 valence electrons. The maximum absolute atomic E-state index is 11.6. The summed E-state index contributed by atoms with van der Waals surface area (Å²) < 4.78 is 5.06. The maximum atomic E-state index is 11.6. The van der Waals surface area contributed by atoms with Crippen LogP contribution in [0.5, 0.6) is 0 Å². The number of nitrogen functional groups attached to an aromatic ring is 1. The fourth-order valence-electron chi connectivity index (χ4n) is 1.47. The Morgan fingerprint density at radius 2 is 2.17 bits per heavy atom. The molecule has 0 amide bonds. The van der Waals surface area contributed by atoms with Crippen LogP contribution in [0.2, 0.25) is 0 Å². The fraction of sp³-hybridized carbons (Fsp3) is 0.500. The van der Waals surface area contributed by atoms with Gasteiger partial charge >= 0.3 is 5.97 Å². The highest BCUT2D eigenvalue weighted by Crippen LogP contribution is 2.21. The van der Waals surface area contributed by atoms with Crippen molar-refractivity contribution < 1.29 is 9.53 Å². The third-order valence-electron chi connectivity index (χ3n) is 2.74. The number of nitrogens with two attached hydrogens (primary N) is 1. The van der Waals surface area contributed by atoms with Gasteiger partial charge < -0.3 is 15.8 Å². The molecule has 0 heterocycles. The smallest absolute Gasteiger partial charge is 0.338 e. The van der Waals surface area contributed by atoms with E-state index in [4.69, 9.17) is 10.5 Å². The minimum atomic E-state index is -0.321. The predicted octanol–water partition coefficient (Wildman–Crippen LogP) is 3.05. The summed E-state index contributed by atoms with van der Waals surface area (Å²) >= 11 is 0. The van der Waals surface area contributed by atoms with Crippen LogP contribution in [0.15, 0.2) is 18.2 Å². The van der Waals surface area contributed by atoms with Gasteiger partial charge in [-0.2, -0.15) is 0 Å². The van der Waals surface area contributed by atoms with Crippen molar-refractivity contribution in [3.63, 3.8) is 0 Å². The van der Waals surface area contributed by atoms with Crippen molar-refractivity contribution >= 4 is 17.3 Å². The Balaban J connectivity index is 2.75. The highest BCUT2D eigenvalue weighted by atomic mass is 16.5. The van der Waals surface area contributed by atoms with Crippen molar-refractivity contribution in [3.8, 4) is 0 Å². The third kappa shape index (κ3) is 3.95. The SMILES string of the molecule is CCCOC(=O)c1ccc(N[C@@H](C)CC)c(N)c1. The summed E-state index contributed by atoms with van der Waals surface area (Å²) in [5, 5.41) is 3.29. The van der Waals surface area contributed by atoms with Crippen LogP contribution < -0.4 is 11.1 Å². The molecule has 0 saturated heterocycles. The maximum Gasteiger partial charge on any atom is 0.338 e. The second-order valence-electron chi connectivity index (χ2n) is 4.39. The van der Waals surface area contributed by atoms with Crippen molar-refractivity contribution in [2.24, 2.45) is 0 Å². The molecule has 0 radical (unpaired) electrons. The average molecular weight is 250 g/mol. The fourth-order valence-corrected chi connectivity index (χ4v) is 1.47. The lowest BCUT2D eigenvalue weighted by Crippen LogP contribution is -2.15. The van der Waals surface area contributed by atoms with Crippen molar-refractivity contribution in [1.82, 2.24) is 0 Å². The Hall–Kier alpha value is -1.71. The normalized spacial score (nSPS) is 11.9. The summed E-state index contributed by atoms with van der Waals surface area (Å²) in [6, 6.07) is 5.57. The van der Waals surface area contributed by atoms with E-state index in [1.807, 2.05) is 13.0 Å². The number of hydrogen-bond acceptors (Lipinski definition) is 4. The minimum Gasteiger partial charge on any atom is -0.462 e. The lowest BCUT2D eigenvalue weighted by molar-refractivity contribution is 0.0505. The molecule has 0 aliphatic heterocycles. The molecule has 1 aromatic carbocycles. The second kappa shape index (κ2) is 6.89. The highest BCUT2D eigenvalue weighted by molar-refractivity contribution is 5.91. The predicted molar refractivity (Wildman–Crippen MR) is 74.8 cm³/mol. The van der Waals surface area contributed by atoms with Crippen LogP contribution >= 0.6 is 0 Å². The van der Waals surface area contributed by atoms with E-state index < -0.39 is 0 Å². The molecule has 0 spiro atoms. The zero-order valence-corrected chi connectivity index (χ0v) is 11.3. The Kier molecular flexibility index (Phi) is 5.49. The van der Waals surface area contributed by atoms with Gasteiger partial charge in [0.2, 0.25) is 0 Å². The minimum absolute atomic E-state index is 0.321. The first-order valence-electron chi connectivity index (χ1n) is 6.41. The van der Waals surface area contributed by atoms with Crippen LogP contribution in [0.3, 0.4) is 0 Å². The van der Waals surface area contributed by atoms with Crippen molar-refractivity contribution in [1.29, 1.82) is 0 Å². The largest absolute Gasteiger partial charge is 0.462 e. The number of hydrogen-bond donors (Lipinski definition) is 2. The van der Waals surface area contributed by atoms with E-state index in [1.54, 1.807) is 12.1 Å². The summed E-state index contributed by atoms with van der Waals surface area (Å²) in [4.78, 5) is 11.6. The van der Waals surface area contributed by atoms with Crippen LogP contribution in [-0.4, -0.2) is 18.6 Å². The molecule has 1 aromatic rings. The molecule has 0 aromatic heterocycles. The van der Waals surface area contributed by atoms with Gasteiger partial charge in [0, 0.05) is 6.04 Å². The van der Waals surface area contributed by atoms with Gasteiger partial charge in [-0.1, -0.05) is 13.8 Å². The molecule has 0 unspecified atom stereocenters. The highest BCUT2D eigenvalue weighted by Gasteiger charge is 2.10. The Morgan fingerprint density at radius 3 is 2.72 bits per heavy atom. The van der Waals surface area contributed by atoms with Gasteiger partial charge in [0.1, 0.15) is 0 Å². The van der Waals surface area contributed by atoms with Gasteiger partial charge in [-0.3, -0.25) is 0 Å². The van der Waals surface area contributed by atoms with E-state index in [1.165, 1.54) is 0 Å². The Bertz CT molecular complexity index is 405.